The van der Waals surface area contributed by atoms with Crippen LogP contribution in [0.4, 0.5) is 4.79 Å². The maximum absolute atomic E-state index is 12.2. The van der Waals surface area contributed by atoms with Crippen molar-refractivity contribution in [1.29, 1.82) is 0 Å². The predicted octanol–water partition coefficient (Wildman–Crippen LogP) is 4.69. The van der Waals surface area contributed by atoms with Gasteiger partial charge in [0.25, 0.3) is 0 Å². The number of benzene rings is 1. The standard InChI is InChI=1S/C21H32N2O2/c1-7-9-18-15(2)10-8-11-19(18)16(3)22-17-12-13-23(14-17)20(24)25-21(4,5)6/h7-11,16-17,22H,12-14H2,1-6H3/b9-7-/t16-,17+/m1/s1. The van der Waals surface area contributed by atoms with E-state index in [1.54, 1.807) is 4.90 Å². The number of ether oxygens (including phenoxy) is 1. The van der Waals surface area contributed by atoms with Gasteiger partial charge in [-0.05, 0) is 64.7 Å². The molecular weight excluding hydrogens is 312 g/mol. The van der Waals surface area contributed by atoms with Gasteiger partial charge in [0, 0.05) is 25.2 Å². The molecule has 4 heteroatoms. The zero-order valence-electron chi connectivity index (χ0n) is 16.4. The molecule has 0 spiro atoms. The van der Waals surface area contributed by atoms with E-state index >= 15 is 0 Å². The van der Waals surface area contributed by atoms with E-state index in [0.717, 1.165) is 13.0 Å². The van der Waals surface area contributed by atoms with Crippen molar-refractivity contribution in [2.24, 2.45) is 0 Å². The molecule has 0 aliphatic carbocycles. The summed E-state index contributed by atoms with van der Waals surface area (Å²) in [6, 6.07) is 6.96. The second-order valence-corrected chi connectivity index (χ2v) is 7.88. The third kappa shape index (κ3) is 5.33. The highest BCUT2D eigenvalue weighted by molar-refractivity contribution is 5.68. The van der Waals surface area contributed by atoms with Crippen molar-refractivity contribution in [3.05, 3.63) is 41.0 Å². The molecule has 1 aromatic carbocycles. The fourth-order valence-electron chi connectivity index (χ4n) is 3.31. The summed E-state index contributed by atoms with van der Waals surface area (Å²) >= 11 is 0. The lowest BCUT2D eigenvalue weighted by Crippen LogP contribution is -2.39. The van der Waals surface area contributed by atoms with Crippen LogP contribution in [0, 0.1) is 6.92 Å². The van der Waals surface area contributed by atoms with Crippen LogP contribution in [-0.2, 0) is 4.74 Å². The van der Waals surface area contributed by atoms with Gasteiger partial charge in [-0.2, -0.15) is 0 Å². The Bertz CT molecular complexity index is 631. The fourth-order valence-corrected chi connectivity index (χ4v) is 3.31. The van der Waals surface area contributed by atoms with Gasteiger partial charge in [-0.3, -0.25) is 0 Å². The number of amides is 1. The molecule has 2 rings (SSSR count). The van der Waals surface area contributed by atoms with Crippen LogP contribution in [0.5, 0.6) is 0 Å². The van der Waals surface area contributed by atoms with Crippen molar-refractivity contribution in [3.8, 4) is 0 Å². The second kappa shape index (κ2) is 8.05. The Labute approximate surface area is 152 Å². The van der Waals surface area contributed by atoms with Crippen LogP contribution in [0.3, 0.4) is 0 Å². The van der Waals surface area contributed by atoms with Gasteiger partial charge < -0.3 is 15.0 Å². The van der Waals surface area contributed by atoms with Gasteiger partial charge in [0.05, 0.1) is 0 Å². The molecule has 25 heavy (non-hydrogen) atoms. The van der Waals surface area contributed by atoms with Crippen LogP contribution < -0.4 is 5.32 Å². The molecule has 0 bridgehead atoms. The highest BCUT2D eigenvalue weighted by Gasteiger charge is 2.30. The highest BCUT2D eigenvalue weighted by Crippen LogP contribution is 2.24. The summed E-state index contributed by atoms with van der Waals surface area (Å²) in [5.41, 5.74) is 3.42. The Kier molecular flexibility index (Phi) is 6.28. The van der Waals surface area contributed by atoms with Crippen LogP contribution in [0.2, 0.25) is 0 Å². The second-order valence-electron chi connectivity index (χ2n) is 7.88. The number of aryl methyl sites for hydroxylation is 1. The first-order chi connectivity index (χ1) is 11.7. The lowest BCUT2D eigenvalue weighted by atomic mass is 9.96. The molecule has 138 valence electrons. The van der Waals surface area contributed by atoms with Crippen molar-refractivity contribution in [2.45, 2.75) is 65.6 Å². The molecule has 1 aliphatic rings. The molecule has 0 aromatic heterocycles. The van der Waals surface area contributed by atoms with Crippen molar-refractivity contribution in [3.63, 3.8) is 0 Å². The van der Waals surface area contributed by atoms with Crippen molar-refractivity contribution in [2.75, 3.05) is 13.1 Å². The first-order valence-electron chi connectivity index (χ1n) is 9.17. The van der Waals surface area contributed by atoms with E-state index in [2.05, 4.69) is 49.5 Å². The average molecular weight is 344 g/mol. The zero-order valence-corrected chi connectivity index (χ0v) is 16.4. The lowest BCUT2D eigenvalue weighted by molar-refractivity contribution is 0.0290. The van der Waals surface area contributed by atoms with E-state index in [1.165, 1.54) is 16.7 Å². The van der Waals surface area contributed by atoms with E-state index in [0.29, 0.717) is 12.6 Å². The molecule has 1 amide bonds. The van der Waals surface area contributed by atoms with Crippen molar-refractivity contribution >= 4 is 12.2 Å². The summed E-state index contributed by atoms with van der Waals surface area (Å²) in [4.78, 5) is 14.0. The number of nitrogens with one attached hydrogen (secondary N) is 1. The molecule has 1 heterocycles. The monoisotopic (exact) mass is 344 g/mol. The molecule has 1 N–H and O–H groups in total. The number of rotatable bonds is 4. The number of hydrogen-bond donors (Lipinski definition) is 1. The lowest BCUT2D eigenvalue weighted by Gasteiger charge is -2.25. The van der Waals surface area contributed by atoms with Gasteiger partial charge in [0.15, 0.2) is 0 Å². The molecule has 1 aliphatic heterocycles. The third-order valence-electron chi connectivity index (χ3n) is 4.48. The van der Waals surface area contributed by atoms with Gasteiger partial charge >= 0.3 is 6.09 Å². The number of nitrogens with zero attached hydrogens (tertiary/aromatic N) is 1. The quantitative estimate of drug-likeness (QED) is 0.861. The fraction of sp³-hybridized carbons (Fsp3) is 0.571. The number of hydrogen-bond acceptors (Lipinski definition) is 3. The highest BCUT2D eigenvalue weighted by atomic mass is 16.6. The van der Waals surface area contributed by atoms with E-state index in [9.17, 15) is 4.79 Å². The SMILES string of the molecule is C/C=C\c1c(C)cccc1[C@@H](C)N[C@H]1CCN(C(=O)OC(C)(C)C)C1. The molecule has 1 saturated heterocycles. The summed E-state index contributed by atoms with van der Waals surface area (Å²) in [5.74, 6) is 0. The van der Waals surface area contributed by atoms with Gasteiger partial charge in [0.2, 0.25) is 0 Å². The van der Waals surface area contributed by atoms with E-state index in [-0.39, 0.29) is 12.1 Å². The number of carbonyl (C=O) groups excluding carboxylic acids is 1. The molecule has 4 nitrogen and oxygen atoms in total. The normalized spacial score (nSPS) is 19.4. The van der Waals surface area contributed by atoms with Crippen LogP contribution in [0.25, 0.3) is 6.08 Å². The van der Waals surface area contributed by atoms with Gasteiger partial charge in [-0.15, -0.1) is 0 Å². The minimum Gasteiger partial charge on any atom is -0.444 e. The minimum atomic E-state index is -0.446. The van der Waals surface area contributed by atoms with Crippen molar-refractivity contribution < 1.29 is 9.53 Å². The summed E-state index contributed by atoms with van der Waals surface area (Å²) in [7, 11) is 0. The molecule has 0 saturated carbocycles. The Morgan fingerprint density at radius 1 is 1.40 bits per heavy atom. The third-order valence-corrected chi connectivity index (χ3v) is 4.48. The first-order valence-corrected chi connectivity index (χ1v) is 9.17. The molecule has 1 fully saturated rings. The van der Waals surface area contributed by atoms with Crippen LogP contribution in [-0.4, -0.2) is 35.7 Å². The Balaban J connectivity index is 2.00. The Hall–Kier alpha value is -1.81. The van der Waals surface area contributed by atoms with E-state index in [1.807, 2.05) is 27.7 Å². The Morgan fingerprint density at radius 2 is 2.12 bits per heavy atom. The van der Waals surface area contributed by atoms with Crippen LogP contribution in [0.1, 0.15) is 63.8 Å². The zero-order chi connectivity index (χ0) is 18.6. The van der Waals surface area contributed by atoms with E-state index in [4.69, 9.17) is 4.74 Å². The van der Waals surface area contributed by atoms with E-state index < -0.39 is 5.60 Å². The van der Waals surface area contributed by atoms with Crippen molar-refractivity contribution in [1.82, 2.24) is 10.2 Å². The first kappa shape index (κ1) is 19.5. The molecular formula is C21H32N2O2. The molecule has 0 unspecified atom stereocenters. The molecule has 2 atom stereocenters. The smallest absolute Gasteiger partial charge is 0.410 e. The number of allylic oxidation sites excluding steroid dienone is 1. The van der Waals surface area contributed by atoms with Crippen LogP contribution >= 0.6 is 0 Å². The van der Waals surface area contributed by atoms with Crippen LogP contribution in [0.15, 0.2) is 24.3 Å². The van der Waals surface area contributed by atoms with Gasteiger partial charge in [-0.1, -0.05) is 30.4 Å². The minimum absolute atomic E-state index is 0.213. The summed E-state index contributed by atoms with van der Waals surface area (Å²) in [6.07, 6.45) is 4.99. The number of likely N-dealkylation sites (tertiary alicyclic amines) is 1. The maximum Gasteiger partial charge on any atom is 0.410 e. The molecule has 0 radical (unpaired) electrons. The van der Waals surface area contributed by atoms with Gasteiger partial charge in [0.1, 0.15) is 5.60 Å². The van der Waals surface area contributed by atoms with Gasteiger partial charge in [-0.25, -0.2) is 4.79 Å². The largest absolute Gasteiger partial charge is 0.444 e. The maximum atomic E-state index is 12.2. The molecule has 1 aromatic rings. The Morgan fingerprint density at radius 3 is 2.76 bits per heavy atom. The predicted molar refractivity (Wildman–Crippen MR) is 104 cm³/mol. The summed E-state index contributed by atoms with van der Waals surface area (Å²) in [6.45, 7) is 13.5. The summed E-state index contributed by atoms with van der Waals surface area (Å²) in [5, 5.41) is 3.69. The average Bonchev–Trinajstić information content (AvgIpc) is 2.96. The number of carbonyl (C=O) groups is 1. The topological polar surface area (TPSA) is 41.6 Å². The summed E-state index contributed by atoms with van der Waals surface area (Å²) < 4.78 is 5.48.